The van der Waals surface area contributed by atoms with E-state index in [1.165, 1.54) is 12.1 Å². The Morgan fingerprint density at radius 2 is 1.37 bits per heavy atom. The molecule has 0 N–H and O–H groups in total. The third-order valence-electron chi connectivity index (χ3n) is 4.16. The number of carbonyl (C=O) groups is 1. The van der Waals surface area contributed by atoms with Gasteiger partial charge in [-0.25, -0.2) is 26.7 Å². The van der Waals surface area contributed by atoms with Gasteiger partial charge in [0.05, 0.1) is 11.1 Å². The summed E-state index contributed by atoms with van der Waals surface area (Å²) in [6, 6.07) is 6.47. The third-order valence-corrected chi connectivity index (χ3v) is 4.16. The fourth-order valence-corrected chi connectivity index (χ4v) is 2.56. The molecule has 0 aliphatic heterocycles. The van der Waals surface area contributed by atoms with Gasteiger partial charge in [0.15, 0.2) is 23.3 Å². The van der Waals surface area contributed by atoms with Crippen molar-refractivity contribution in [2.24, 2.45) is 0 Å². The summed E-state index contributed by atoms with van der Waals surface area (Å²) >= 11 is 0. The molecule has 0 amide bonds. The normalized spacial score (nSPS) is 10.9. The number of benzene rings is 2. The Labute approximate surface area is 154 Å². The second kappa shape index (κ2) is 9.48. The number of halogens is 5. The molecule has 0 saturated heterocycles. The number of ether oxygens (including phenoxy) is 1. The Kier molecular flexibility index (Phi) is 7.33. The first kappa shape index (κ1) is 20.9. The number of unbranched alkanes of at least 4 members (excludes halogenated alkanes) is 3. The molecule has 0 atom stereocenters. The van der Waals surface area contributed by atoms with Gasteiger partial charge in [-0.3, -0.25) is 0 Å². The number of aryl methyl sites for hydroxylation is 1. The molecular weight excluding hydrogens is 367 g/mol. The minimum absolute atomic E-state index is 0.121. The van der Waals surface area contributed by atoms with E-state index in [1.807, 2.05) is 0 Å². The summed E-state index contributed by atoms with van der Waals surface area (Å²) < 4.78 is 71.1. The largest absolute Gasteiger partial charge is 0.457 e. The van der Waals surface area contributed by atoms with Crippen molar-refractivity contribution in [2.75, 3.05) is 0 Å². The zero-order valence-electron chi connectivity index (χ0n) is 14.8. The molecule has 27 heavy (non-hydrogen) atoms. The Morgan fingerprint density at radius 3 is 1.93 bits per heavy atom. The van der Waals surface area contributed by atoms with Crippen LogP contribution < -0.4 is 0 Å². The number of esters is 1. The van der Waals surface area contributed by atoms with Crippen molar-refractivity contribution in [3.05, 3.63) is 70.0 Å². The van der Waals surface area contributed by atoms with Gasteiger partial charge in [-0.2, -0.15) is 0 Å². The van der Waals surface area contributed by atoms with Gasteiger partial charge in [0.25, 0.3) is 0 Å². The Bertz CT molecular complexity index is 774. The summed E-state index contributed by atoms with van der Waals surface area (Å²) in [5.74, 6) is -11.4. The first-order valence-corrected chi connectivity index (χ1v) is 8.63. The van der Waals surface area contributed by atoms with Crippen molar-refractivity contribution >= 4 is 5.97 Å². The topological polar surface area (TPSA) is 26.3 Å². The molecule has 2 rings (SSSR count). The molecule has 0 aliphatic rings. The number of hydrogen-bond acceptors (Lipinski definition) is 2. The number of rotatable bonds is 8. The molecule has 0 saturated carbocycles. The monoisotopic (exact) mass is 386 g/mol. The summed E-state index contributed by atoms with van der Waals surface area (Å²) in [6.07, 6.45) is 5.29. The standard InChI is InChI=1S/C20H19F5O2/c1-2-3-4-5-6-12-7-9-13(10-8-12)20(26)27-11-14-15(21)17(23)19(25)18(24)16(14)22/h7-10H,2-6,11H2,1H3. The van der Waals surface area contributed by atoms with E-state index in [9.17, 15) is 26.7 Å². The molecule has 0 aliphatic carbocycles. The molecule has 2 nitrogen and oxygen atoms in total. The summed E-state index contributed by atoms with van der Waals surface area (Å²) in [4.78, 5) is 12.0. The van der Waals surface area contributed by atoms with Gasteiger partial charge in [0.2, 0.25) is 5.82 Å². The van der Waals surface area contributed by atoms with Crippen LogP contribution in [-0.2, 0) is 17.8 Å². The van der Waals surface area contributed by atoms with E-state index in [2.05, 4.69) is 6.92 Å². The van der Waals surface area contributed by atoms with Crippen LogP contribution in [0.15, 0.2) is 24.3 Å². The third kappa shape index (κ3) is 5.05. The number of hydrogen-bond donors (Lipinski definition) is 0. The lowest BCUT2D eigenvalue weighted by Gasteiger charge is -2.09. The quantitative estimate of drug-likeness (QED) is 0.187. The predicted molar refractivity (Wildman–Crippen MR) is 89.6 cm³/mol. The molecule has 146 valence electrons. The van der Waals surface area contributed by atoms with Gasteiger partial charge in [0.1, 0.15) is 6.61 Å². The Morgan fingerprint density at radius 1 is 0.815 bits per heavy atom. The molecule has 0 bridgehead atoms. The van der Waals surface area contributed by atoms with Crippen LogP contribution in [-0.4, -0.2) is 5.97 Å². The highest BCUT2D eigenvalue weighted by atomic mass is 19.2. The van der Waals surface area contributed by atoms with E-state index in [0.29, 0.717) is 0 Å². The highest BCUT2D eigenvalue weighted by Gasteiger charge is 2.26. The van der Waals surface area contributed by atoms with E-state index in [-0.39, 0.29) is 5.56 Å². The molecule has 0 heterocycles. The first-order chi connectivity index (χ1) is 12.9. The average Bonchev–Trinajstić information content (AvgIpc) is 2.68. The fraction of sp³-hybridized carbons (Fsp3) is 0.350. The lowest BCUT2D eigenvalue weighted by Crippen LogP contribution is -2.11. The smallest absolute Gasteiger partial charge is 0.338 e. The molecule has 2 aromatic rings. The van der Waals surface area contributed by atoms with Crippen LogP contribution in [0, 0.1) is 29.1 Å². The molecule has 0 unspecified atom stereocenters. The average molecular weight is 386 g/mol. The van der Waals surface area contributed by atoms with Crippen LogP contribution in [0.3, 0.4) is 0 Å². The fourth-order valence-electron chi connectivity index (χ4n) is 2.56. The van der Waals surface area contributed by atoms with Crippen LogP contribution in [0.4, 0.5) is 22.0 Å². The zero-order chi connectivity index (χ0) is 20.0. The van der Waals surface area contributed by atoms with Gasteiger partial charge in [0, 0.05) is 0 Å². The lowest BCUT2D eigenvalue weighted by atomic mass is 10.0. The Hall–Kier alpha value is -2.44. The van der Waals surface area contributed by atoms with Gasteiger partial charge < -0.3 is 4.74 Å². The summed E-state index contributed by atoms with van der Waals surface area (Å²) in [6.45, 7) is 1.05. The lowest BCUT2D eigenvalue weighted by molar-refractivity contribution is 0.0462. The van der Waals surface area contributed by atoms with Gasteiger partial charge in [-0.15, -0.1) is 0 Å². The maximum Gasteiger partial charge on any atom is 0.338 e. The minimum Gasteiger partial charge on any atom is -0.457 e. The zero-order valence-corrected chi connectivity index (χ0v) is 14.8. The van der Waals surface area contributed by atoms with Crippen molar-refractivity contribution in [3.8, 4) is 0 Å². The molecule has 0 spiro atoms. The SMILES string of the molecule is CCCCCCc1ccc(C(=O)OCc2c(F)c(F)c(F)c(F)c2F)cc1. The molecule has 0 aromatic heterocycles. The van der Waals surface area contributed by atoms with Gasteiger partial charge >= 0.3 is 5.97 Å². The van der Waals surface area contributed by atoms with E-state index < -0.39 is 47.2 Å². The highest BCUT2D eigenvalue weighted by Crippen LogP contribution is 2.24. The maximum atomic E-state index is 13.6. The summed E-state index contributed by atoms with van der Waals surface area (Å²) in [7, 11) is 0. The highest BCUT2D eigenvalue weighted by molar-refractivity contribution is 5.89. The van der Waals surface area contributed by atoms with E-state index in [0.717, 1.165) is 37.7 Å². The van der Waals surface area contributed by atoms with Crippen LogP contribution in [0.25, 0.3) is 0 Å². The van der Waals surface area contributed by atoms with E-state index in [4.69, 9.17) is 4.74 Å². The predicted octanol–water partition coefficient (Wildman–Crippen LogP) is 5.86. The first-order valence-electron chi connectivity index (χ1n) is 8.63. The molecule has 0 radical (unpaired) electrons. The molecule has 2 aromatic carbocycles. The Balaban J connectivity index is 2.00. The molecular formula is C20H19F5O2. The van der Waals surface area contributed by atoms with Crippen LogP contribution >= 0.6 is 0 Å². The van der Waals surface area contributed by atoms with Crippen molar-refractivity contribution in [1.82, 2.24) is 0 Å². The van der Waals surface area contributed by atoms with Gasteiger partial charge in [-0.1, -0.05) is 38.3 Å². The van der Waals surface area contributed by atoms with Crippen molar-refractivity contribution < 1.29 is 31.5 Å². The van der Waals surface area contributed by atoms with Crippen molar-refractivity contribution in [1.29, 1.82) is 0 Å². The van der Waals surface area contributed by atoms with Crippen LogP contribution in [0.1, 0.15) is 54.1 Å². The molecule has 7 heteroatoms. The van der Waals surface area contributed by atoms with Gasteiger partial charge in [-0.05, 0) is 30.5 Å². The van der Waals surface area contributed by atoms with Crippen molar-refractivity contribution in [2.45, 2.75) is 45.6 Å². The van der Waals surface area contributed by atoms with E-state index in [1.54, 1.807) is 12.1 Å². The summed E-state index contributed by atoms with van der Waals surface area (Å²) in [5, 5.41) is 0. The maximum absolute atomic E-state index is 13.6. The van der Waals surface area contributed by atoms with Crippen molar-refractivity contribution in [3.63, 3.8) is 0 Å². The van der Waals surface area contributed by atoms with Crippen LogP contribution in [0.2, 0.25) is 0 Å². The second-order valence-electron chi connectivity index (χ2n) is 6.13. The molecule has 0 fully saturated rings. The van der Waals surface area contributed by atoms with E-state index >= 15 is 0 Å². The number of carbonyl (C=O) groups excluding carboxylic acids is 1. The second-order valence-corrected chi connectivity index (χ2v) is 6.13. The van der Waals surface area contributed by atoms with Crippen LogP contribution in [0.5, 0.6) is 0 Å². The minimum atomic E-state index is -2.25. The summed E-state index contributed by atoms with van der Waals surface area (Å²) in [5.41, 5.74) is -0.0362.